The Morgan fingerprint density at radius 2 is 2.08 bits per heavy atom. The number of halogens is 3. The number of anilines is 1. The van der Waals surface area contributed by atoms with Crippen molar-refractivity contribution in [3.05, 3.63) is 65.2 Å². The van der Waals surface area contributed by atoms with Crippen molar-refractivity contribution in [1.82, 2.24) is 9.97 Å². The number of benzene rings is 1. The lowest BCUT2D eigenvalue weighted by Crippen LogP contribution is -2.35. The van der Waals surface area contributed by atoms with E-state index in [0.29, 0.717) is 11.3 Å². The van der Waals surface area contributed by atoms with Crippen molar-refractivity contribution < 1.29 is 13.2 Å². The van der Waals surface area contributed by atoms with Gasteiger partial charge in [0.15, 0.2) is 0 Å². The molecular formula is C18H15F3N4O. The minimum Gasteiger partial charge on any atom is -0.345 e. The van der Waals surface area contributed by atoms with Crippen molar-refractivity contribution in [2.75, 3.05) is 5.32 Å². The van der Waals surface area contributed by atoms with Crippen LogP contribution in [0.25, 0.3) is 11.3 Å². The lowest BCUT2D eigenvalue weighted by molar-refractivity contribution is -0.0887. The highest BCUT2D eigenvalue weighted by Gasteiger charge is 2.35. The fourth-order valence-electron chi connectivity index (χ4n) is 2.59. The first-order valence-corrected chi connectivity index (χ1v) is 7.81. The normalized spacial score (nSPS) is 19.8. The fraction of sp³-hybridized carbons (Fsp3) is 0.222. The van der Waals surface area contributed by atoms with Crippen molar-refractivity contribution in [2.45, 2.75) is 25.1 Å². The molecule has 1 N–H and O–H groups in total. The van der Waals surface area contributed by atoms with Gasteiger partial charge in [0, 0.05) is 11.8 Å². The van der Waals surface area contributed by atoms with Gasteiger partial charge in [-0.15, -0.1) is 4.91 Å². The molecule has 1 atom stereocenters. The molecule has 1 aliphatic carbocycles. The van der Waals surface area contributed by atoms with Crippen molar-refractivity contribution in [3.63, 3.8) is 0 Å². The van der Waals surface area contributed by atoms with Crippen LogP contribution in [0.2, 0.25) is 0 Å². The van der Waals surface area contributed by atoms with Crippen LogP contribution in [0.3, 0.4) is 0 Å². The van der Waals surface area contributed by atoms with Crippen LogP contribution in [-0.4, -0.2) is 21.7 Å². The van der Waals surface area contributed by atoms with E-state index in [4.69, 9.17) is 0 Å². The van der Waals surface area contributed by atoms with E-state index >= 15 is 0 Å². The first kappa shape index (κ1) is 17.8. The lowest BCUT2D eigenvalue weighted by atomic mass is 9.90. The number of hydrogen-bond donors (Lipinski definition) is 1. The van der Waals surface area contributed by atoms with Crippen LogP contribution in [-0.2, 0) is 0 Å². The number of alkyl halides is 3. The molecular weight excluding hydrogens is 345 g/mol. The molecule has 0 saturated heterocycles. The largest absolute Gasteiger partial charge is 0.416 e. The van der Waals surface area contributed by atoms with Crippen LogP contribution < -0.4 is 5.32 Å². The second kappa shape index (κ2) is 6.70. The van der Waals surface area contributed by atoms with Gasteiger partial charge in [-0.25, -0.2) is 9.97 Å². The summed E-state index contributed by atoms with van der Waals surface area (Å²) >= 11 is 0. The first-order chi connectivity index (χ1) is 12.3. The molecule has 1 heterocycles. The number of hydrogen-bond acceptors (Lipinski definition) is 5. The van der Waals surface area contributed by atoms with E-state index in [-0.39, 0.29) is 18.1 Å². The molecule has 0 fully saturated rings. The zero-order valence-electron chi connectivity index (χ0n) is 13.8. The van der Waals surface area contributed by atoms with Crippen LogP contribution in [0, 0.1) is 4.91 Å². The SMILES string of the molecule is CC1(Nc2nccc(-c3cccc(N=O)c3)n2)C=CC(C(F)(F)F)=CC1. The lowest BCUT2D eigenvalue weighted by Gasteiger charge is -2.29. The van der Waals surface area contributed by atoms with Crippen LogP contribution in [0.1, 0.15) is 13.3 Å². The highest BCUT2D eigenvalue weighted by molar-refractivity contribution is 5.64. The van der Waals surface area contributed by atoms with Crippen LogP contribution in [0.4, 0.5) is 24.8 Å². The molecule has 134 valence electrons. The summed E-state index contributed by atoms with van der Waals surface area (Å²) in [5.74, 6) is 0.281. The van der Waals surface area contributed by atoms with Crippen LogP contribution in [0.5, 0.6) is 0 Å². The van der Waals surface area contributed by atoms with Gasteiger partial charge in [-0.05, 0) is 36.7 Å². The molecule has 0 aliphatic heterocycles. The summed E-state index contributed by atoms with van der Waals surface area (Å²) in [7, 11) is 0. The average molecular weight is 360 g/mol. The van der Waals surface area contributed by atoms with Gasteiger partial charge in [0.2, 0.25) is 5.95 Å². The van der Waals surface area contributed by atoms with Crippen LogP contribution in [0.15, 0.2) is 65.5 Å². The zero-order valence-corrected chi connectivity index (χ0v) is 13.8. The number of nitrogens with zero attached hydrogens (tertiary/aromatic N) is 3. The Balaban J connectivity index is 1.80. The Labute approximate surface area is 147 Å². The van der Waals surface area contributed by atoms with Gasteiger partial charge in [0.1, 0.15) is 5.69 Å². The van der Waals surface area contributed by atoms with Gasteiger partial charge in [-0.3, -0.25) is 0 Å². The van der Waals surface area contributed by atoms with E-state index in [1.807, 2.05) is 0 Å². The Hall–Kier alpha value is -3.03. The Morgan fingerprint density at radius 1 is 1.27 bits per heavy atom. The van der Waals surface area contributed by atoms with Gasteiger partial charge in [0.05, 0.1) is 16.8 Å². The summed E-state index contributed by atoms with van der Waals surface area (Å²) in [5, 5.41) is 5.96. The second-order valence-electron chi connectivity index (χ2n) is 6.14. The highest BCUT2D eigenvalue weighted by Crippen LogP contribution is 2.33. The maximum Gasteiger partial charge on any atom is 0.416 e. The molecule has 1 aromatic heterocycles. The van der Waals surface area contributed by atoms with Gasteiger partial charge in [-0.2, -0.15) is 13.2 Å². The Morgan fingerprint density at radius 3 is 2.73 bits per heavy atom. The molecule has 26 heavy (non-hydrogen) atoms. The van der Waals surface area contributed by atoms with Gasteiger partial charge in [-0.1, -0.05) is 30.4 Å². The number of nitrogens with one attached hydrogen (secondary N) is 1. The summed E-state index contributed by atoms with van der Waals surface area (Å²) in [6.45, 7) is 1.76. The molecule has 0 spiro atoms. The summed E-state index contributed by atoms with van der Waals surface area (Å²) in [6.07, 6.45) is 0.999. The first-order valence-electron chi connectivity index (χ1n) is 7.81. The molecule has 0 bridgehead atoms. The topological polar surface area (TPSA) is 67.2 Å². The maximum absolute atomic E-state index is 12.7. The number of nitroso groups, excluding NO2 is 1. The van der Waals surface area contributed by atoms with E-state index in [1.165, 1.54) is 6.08 Å². The standard InChI is InChI=1S/C18H15F3N4O/c1-17(8-5-13(6-9-17)18(19,20)21)24-16-22-10-7-15(23-16)12-3-2-4-14(11-12)25-26/h2-8,10-11H,9H2,1H3,(H,22,23,24). The molecule has 0 saturated carbocycles. The maximum atomic E-state index is 12.7. The molecule has 1 aromatic carbocycles. The van der Waals surface area contributed by atoms with Gasteiger partial charge >= 0.3 is 6.18 Å². The van der Waals surface area contributed by atoms with E-state index in [0.717, 1.165) is 12.2 Å². The van der Waals surface area contributed by atoms with Crippen molar-refractivity contribution in [2.24, 2.45) is 5.18 Å². The number of rotatable bonds is 4. The number of allylic oxidation sites excluding steroid dienone is 2. The summed E-state index contributed by atoms with van der Waals surface area (Å²) < 4.78 is 38.2. The number of aromatic nitrogens is 2. The van der Waals surface area contributed by atoms with E-state index in [1.54, 1.807) is 43.5 Å². The molecule has 0 amide bonds. The van der Waals surface area contributed by atoms with Crippen molar-refractivity contribution >= 4 is 11.6 Å². The molecule has 5 nitrogen and oxygen atoms in total. The molecule has 0 radical (unpaired) electrons. The third-order valence-electron chi connectivity index (χ3n) is 4.00. The minimum absolute atomic E-state index is 0.149. The highest BCUT2D eigenvalue weighted by atomic mass is 19.4. The molecule has 1 unspecified atom stereocenters. The third kappa shape index (κ3) is 3.96. The minimum atomic E-state index is -4.36. The fourth-order valence-corrected chi connectivity index (χ4v) is 2.59. The Kier molecular flexibility index (Phi) is 4.58. The average Bonchev–Trinajstić information content (AvgIpc) is 2.61. The summed E-state index contributed by atoms with van der Waals surface area (Å²) in [4.78, 5) is 19.2. The van der Waals surface area contributed by atoms with Crippen molar-refractivity contribution in [1.29, 1.82) is 0 Å². The van der Waals surface area contributed by atoms with E-state index < -0.39 is 17.3 Å². The molecule has 3 rings (SSSR count). The summed E-state index contributed by atoms with van der Waals surface area (Å²) in [5.41, 5.74) is 0.144. The smallest absolute Gasteiger partial charge is 0.345 e. The molecule has 8 heteroatoms. The predicted octanol–water partition coefficient (Wildman–Crippen LogP) is 5.16. The molecule has 2 aromatic rings. The molecule has 1 aliphatic rings. The monoisotopic (exact) mass is 360 g/mol. The van der Waals surface area contributed by atoms with E-state index in [2.05, 4.69) is 20.5 Å². The van der Waals surface area contributed by atoms with Crippen LogP contribution >= 0.6 is 0 Å². The zero-order chi connectivity index (χ0) is 18.8. The predicted molar refractivity (Wildman–Crippen MR) is 92.8 cm³/mol. The van der Waals surface area contributed by atoms with Gasteiger partial charge in [0.25, 0.3) is 0 Å². The van der Waals surface area contributed by atoms with E-state index in [9.17, 15) is 18.1 Å². The second-order valence-corrected chi connectivity index (χ2v) is 6.14. The quantitative estimate of drug-likeness (QED) is 0.765. The van der Waals surface area contributed by atoms with Gasteiger partial charge < -0.3 is 5.32 Å². The summed E-state index contributed by atoms with van der Waals surface area (Å²) in [6, 6.07) is 8.32. The van der Waals surface area contributed by atoms with Crippen molar-refractivity contribution in [3.8, 4) is 11.3 Å². The Bertz CT molecular complexity index is 892. The third-order valence-corrected chi connectivity index (χ3v) is 4.00.